The maximum atomic E-state index is 12.4. The fourth-order valence-electron chi connectivity index (χ4n) is 5.87. The molecule has 0 aromatic heterocycles. The molecule has 2 saturated carbocycles. The molecule has 0 aliphatic heterocycles. The van der Waals surface area contributed by atoms with Crippen LogP contribution < -0.4 is 9.47 Å². The van der Waals surface area contributed by atoms with E-state index in [4.69, 9.17) is 4.74 Å². The molecule has 0 N–H and O–H groups in total. The summed E-state index contributed by atoms with van der Waals surface area (Å²) in [7, 11) is 0. The summed E-state index contributed by atoms with van der Waals surface area (Å²) < 4.78 is 47.3. The highest BCUT2D eigenvalue weighted by molar-refractivity contribution is 5.31. The number of ether oxygens (including phenoxy) is 2. The molecule has 1 aromatic carbocycles. The molecule has 1 aromatic rings. The Morgan fingerprint density at radius 3 is 2.03 bits per heavy atom. The highest BCUT2D eigenvalue weighted by Gasteiger charge is 2.38. The predicted molar refractivity (Wildman–Crippen MR) is 123 cm³/mol. The molecule has 0 unspecified atom stereocenters. The van der Waals surface area contributed by atoms with E-state index in [0.29, 0.717) is 12.4 Å². The van der Waals surface area contributed by atoms with Crippen LogP contribution in [0.25, 0.3) is 0 Å². The lowest BCUT2D eigenvalue weighted by atomic mass is 9.64. The summed E-state index contributed by atoms with van der Waals surface area (Å²) in [5.41, 5.74) is 0.207. The minimum Gasteiger partial charge on any atom is -0.493 e. The van der Waals surface area contributed by atoms with E-state index < -0.39 is 6.36 Å². The van der Waals surface area contributed by atoms with Crippen LogP contribution in [0.2, 0.25) is 0 Å². The van der Waals surface area contributed by atoms with Crippen molar-refractivity contribution < 1.29 is 22.6 Å². The molecule has 2 fully saturated rings. The average molecular weight is 455 g/mol. The van der Waals surface area contributed by atoms with Crippen molar-refractivity contribution in [1.29, 1.82) is 0 Å². The van der Waals surface area contributed by atoms with Gasteiger partial charge < -0.3 is 9.47 Å². The minimum atomic E-state index is -4.67. The first-order chi connectivity index (χ1) is 15.4. The van der Waals surface area contributed by atoms with E-state index >= 15 is 0 Å². The van der Waals surface area contributed by atoms with Crippen molar-refractivity contribution in [3.63, 3.8) is 0 Å². The van der Waals surface area contributed by atoms with E-state index in [9.17, 15) is 13.2 Å². The quantitative estimate of drug-likeness (QED) is 0.310. The van der Waals surface area contributed by atoms with Crippen LogP contribution in [-0.2, 0) is 0 Å². The van der Waals surface area contributed by atoms with Crippen molar-refractivity contribution in [1.82, 2.24) is 0 Å². The van der Waals surface area contributed by atoms with Crippen LogP contribution in [0.1, 0.15) is 103 Å². The largest absolute Gasteiger partial charge is 0.573 e. The molecule has 5 heteroatoms. The highest BCUT2D eigenvalue weighted by Crippen LogP contribution is 2.47. The molecule has 0 spiro atoms. The Balaban J connectivity index is 1.55. The summed E-state index contributed by atoms with van der Waals surface area (Å²) >= 11 is 0. The third kappa shape index (κ3) is 8.19. The van der Waals surface area contributed by atoms with Crippen molar-refractivity contribution in [2.45, 2.75) is 110 Å². The monoisotopic (exact) mass is 454 g/mol. The standard InChI is InChI=1S/C27H41F3O2/c1-2-3-4-5-9-18-26(19-16-23(17-20-26)22-10-7-6-8-11-22)21-31-24-12-14-25(15-13-24)32-27(28,29)30/h12-15,22-23H,2-11,16-21H2,1H3. The van der Waals surface area contributed by atoms with Gasteiger partial charge in [-0.15, -0.1) is 13.2 Å². The number of rotatable bonds is 11. The summed E-state index contributed by atoms with van der Waals surface area (Å²) in [6.45, 7) is 2.91. The van der Waals surface area contributed by atoms with Crippen molar-refractivity contribution >= 4 is 0 Å². The Hall–Kier alpha value is -1.39. The zero-order chi connectivity index (χ0) is 22.9. The van der Waals surface area contributed by atoms with Gasteiger partial charge in [-0.1, -0.05) is 71.1 Å². The predicted octanol–water partition coefficient (Wildman–Crippen LogP) is 9.08. The minimum absolute atomic E-state index is 0.205. The lowest BCUT2D eigenvalue weighted by molar-refractivity contribution is -0.274. The van der Waals surface area contributed by atoms with Gasteiger partial charge in [-0.2, -0.15) is 0 Å². The fraction of sp³-hybridized carbons (Fsp3) is 0.778. The van der Waals surface area contributed by atoms with Crippen LogP contribution in [0.4, 0.5) is 13.2 Å². The molecule has 0 atom stereocenters. The molecule has 0 saturated heterocycles. The summed E-state index contributed by atoms with van der Waals surface area (Å²) in [5, 5.41) is 0. The van der Waals surface area contributed by atoms with Crippen molar-refractivity contribution in [3.05, 3.63) is 24.3 Å². The number of alkyl halides is 3. The van der Waals surface area contributed by atoms with Crippen molar-refractivity contribution in [3.8, 4) is 11.5 Å². The first-order valence-electron chi connectivity index (χ1n) is 12.9. The fourth-order valence-corrected chi connectivity index (χ4v) is 5.87. The third-order valence-corrected chi connectivity index (χ3v) is 7.82. The smallest absolute Gasteiger partial charge is 0.493 e. The van der Waals surface area contributed by atoms with Crippen LogP contribution in [0, 0.1) is 17.3 Å². The molecular formula is C27H41F3O2. The Morgan fingerprint density at radius 2 is 1.41 bits per heavy atom. The second-order valence-electron chi connectivity index (χ2n) is 10.2. The number of benzene rings is 1. The normalized spacial score (nSPS) is 24.9. The number of hydrogen-bond donors (Lipinski definition) is 0. The van der Waals surface area contributed by atoms with Gasteiger partial charge in [0, 0.05) is 5.41 Å². The molecule has 0 amide bonds. The summed E-state index contributed by atoms with van der Waals surface area (Å²) in [5.74, 6) is 2.22. The van der Waals surface area contributed by atoms with Crippen LogP contribution >= 0.6 is 0 Å². The average Bonchev–Trinajstić information content (AvgIpc) is 2.79. The number of halogens is 3. The Kier molecular flexibility index (Phi) is 9.61. The molecule has 0 heterocycles. The van der Waals surface area contributed by atoms with Crippen LogP contribution in [-0.4, -0.2) is 13.0 Å². The molecule has 32 heavy (non-hydrogen) atoms. The molecule has 2 aliphatic rings. The highest BCUT2D eigenvalue weighted by atomic mass is 19.4. The summed E-state index contributed by atoms with van der Waals surface area (Å²) in [6, 6.07) is 5.84. The number of unbranched alkanes of at least 4 members (excludes halogenated alkanes) is 4. The molecule has 0 radical (unpaired) electrons. The second-order valence-corrected chi connectivity index (χ2v) is 10.2. The molecule has 2 nitrogen and oxygen atoms in total. The maximum absolute atomic E-state index is 12.4. The zero-order valence-electron chi connectivity index (χ0n) is 19.7. The van der Waals surface area contributed by atoms with Gasteiger partial charge in [-0.25, -0.2) is 0 Å². The van der Waals surface area contributed by atoms with Gasteiger partial charge in [0.2, 0.25) is 0 Å². The Labute approximate surface area is 192 Å². The van der Waals surface area contributed by atoms with E-state index in [1.807, 2.05) is 0 Å². The molecule has 2 aliphatic carbocycles. The van der Waals surface area contributed by atoms with Crippen LogP contribution in [0.3, 0.4) is 0 Å². The zero-order valence-corrected chi connectivity index (χ0v) is 19.7. The van der Waals surface area contributed by atoms with Gasteiger partial charge in [0.05, 0.1) is 6.61 Å². The number of hydrogen-bond acceptors (Lipinski definition) is 2. The Morgan fingerprint density at radius 1 is 0.812 bits per heavy atom. The van der Waals surface area contributed by atoms with Gasteiger partial charge in [0.15, 0.2) is 0 Å². The van der Waals surface area contributed by atoms with Crippen molar-refractivity contribution in [2.24, 2.45) is 17.3 Å². The lowest BCUT2D eigenvalue weighted by Crippen LogP contribution is -2.35. The van der Waals surface area contributed by atoms with Gasteiger partial charge in [-0.05, 0) is 68.2 Å². The molecule has 182 valence electrons. The van der Waals surface area contributed by atoms with Gasteiger partial charge in [0.1, 0.15) is 11.5 Å². The van der Waals surface area contributed by atoms with Crippen LogP contribution in [0.5, 0.6) is 11.5 Å². The summed E-state index contributed by atoms with van der Waals surface area (Å²) in [4.78, 5) is 0. The van der Waals surface area contributed by atoms with Gasteiger partial charge in [-0.3, -0.25) is 0 Å². The SMILES string of the molecule is CCCCCCCC1(COc2ccc(OC(F)(F)F)cc2)CCC(C2CCCCC2)CC1. The van der Waals surface area contributed by atoms with E-state index in [1.165, 1.54) is 108 Å². The van der Waals surface area contributed by atoms with E-state index in [0.717, 1.165) is 11.8 Å². The Bertz CT molecular complexity index is 642. The third-order valence-electron chi connectivity index (χ3n) is 7.82. The van der Waals surface area contributed by atoms with Gasteiger partial charge in [0.25, 0.3) is 0 Å². The molecular weight excluding hydrogens is 413 g/mol. The summed E-state index contributed by atoms with van der Waals surface area (Å²) in [6.07, 6.45) is 15.0. The molecule has 3 rings (SSSR count). The lowest BCUT2D eigenvalue weighted by Gasteiger charge is -2.43. The van der Waals surface area contributed by atoms with E-state index in [2.05, 4.69) is 11.7 Å². The van der Waals surface area contributed by atoms with Crippen LogP contribution in [0.15, 0.2) is 24.3 Å². The topological polar surface area (TPSA) is 18.5 Å². The van der Waals surface area contributed by atoms with E-state index in [-0.39, 0.29) is 11.2 Å². The molecule has 0 bridgehead atoms. The van der Waals surface area contributed by atoms with Crippen molar-refractivity contribution in [2.75, 3.05) is 6.61 Å². The second kappa shape index (κ2) is 12.2. The van der Waals surface area contributed by atoms with E-state index in [1.54, 1.807) is 12.1 Å². The van der Waals surface area contributed by atoms with Gasteiger partial charge >= 0.3 is 6.36 Å². The first-order valence-corrected chi connectivity index (χ1v) is 12.9. The maximum Gasteiger partial charge on any atom is 0.573 e. The first kappa shape index (κ1) is 25.2.